The van der Waals surface area contributed by atoms with Gasteiger partial charge in [-0.2, -0.15) is 0 Å². The van der Waals surface area contributed by atoms with Crippen LogP contribution in [0.1, 0.15) is 57.7 Å². The number of anilines is 1. The van der Waals surface area contributed by atoms with E-state index in [0.717, 1.165) is 23.6 Å². The number of benzene rings is 2. The summed E-state index contributed by atoms with van der Waals surface area (Å²) in [5, 5.41) is 5.81. The number of carbonyl (C=O) groups is 4. The predicted molar refractivity (Wildman–Crippen MR) is 122 cm³/mol. The molecular weight excluding hydrogens is 420 g/mol. The highest BCUT2D eigenvalue weighted by Gasteiger charge is 2.45. The third-order valence-electron chi connectivity index (χ3n) is 6.96. The highest BCUT2D eigenvalue weighted by atomic mass is 16.2. The summed E-state index contributed by atoms with van der Waals surface area (Å²) in [4.78, 5) is 53.1. The van der Waals surface area contributed by atoms with E-state index in [0.29, 0.717) is 11.1 Å². The fourth-order valence-electron chi connectivity index (χ4n) is 5.27. The summed E-state index contributed by atoms with van der Waals surface area (Å²) in [7, 11) is 2.00. The number of nitrogens with zero attached hydrogens (tertiary/aromatic N) is 2. The van der Waals surface area contributed by atoms with Crippen molar-refractivity contribution in [1.82, 2.24) is 15.5 Å². The Balaban J connectivity index is 1.43. The lowest BCUT2D eigenvalue weighted by Gasteiger charge is -2.32. The van der Waals surface area contributed by atoms with E-state index in [9.17, 15) is 19.2 Å². The first-order valence-corrected chi connectivity index (χ1v) is 11.3. The monoisotopic (exact) mass is 446 g/mol. The lowest BCUT2D eigenvalue weighted by molar-refractivity contribution is -0.136. The van der Waals surface area contributed by atoms with Gasteiger partial charge in [-0.3, -0.25) is 29.4 Å². The van der Waals surface area contributed by atoms with Crippen molar-refractivity contribution in [2.24, 2.45) is 0 Å². The van der Waals surface area contributed by atoms with Gasteiger partial charge in [-0.15, -0.1) is 0 Å². The molecule has 2 aliphatic heterocycles. The van der Waals surface area contributed by atoms with E-state index >= 15 is 0 Å². The fourth-order valence-corrected chi connectivity index (χ4v) is 5.27. The van der Waals surface area contributed by atoms with Crippen LogP contribution >= 0.6 is 0 Å². The molecular formula is C25H26N4O4. The van der Waals surface area contributed by atoms with Crippen LogP contribution in [-0.2, 0) is 16.0 Å². The molecule has 2 heterocycles. The lowest BCUT2D eigenvalue weighted by Crippen LogP contribution is -2.54. The second kappa shape index (κ2) is 8.12. The lowest BCUT2D eigenvalue weighted by atomic mass is 10.0. The molecule has 4 amide bonds. The number of likely N-dealkylation sites (N-methyl/N-ethyl adjacent to an activating group) is 2. The minimum atomic E-state index is -0.959. The Hall–Kier alpha value is -3.52. The second-order valence-corrected chi connectivity index (χ2v) is 8.79. The van der Waals surface area contributed by atoms with E-state index in [2.05, 4.69) is 40.7 Å². The summed E-state index contributed by atoms with van der Waals surface area (Å²) in [6, 6.07) is 13.0. The van der Waals surface area contributed by atoms with Gasteiger partial charge in [0.15, 0.2) is 0 Å². The molecule has 8 nitrogen and oxygen atoms in total. The molecule has 1 aliphatic carbocycles. The normalized spacial score (nSPS) is 24.1. The maximum Gasteiger partial charge on any atom is 0.262 e. The standard InChI is InChI=1S/C25H26N4O4/c1-3-26-22-16-7-5-4-6-14(16)12-20(22)28(2)15-8-9-17-18(13-15)25(33)29(24(17)32)19-10-11-21(30)27-23(19)31/h4-9,13,19-20,22,26H,3,10-12H2,1-2H3,(H,27,30,31). The van der Waals surface area contributed by atoms with Gasteiger partial charge in [0.1, 0.15) is 6.04 Å². The van der Waals surface area contributed by atoms with Gasteiger partial charge in [0.2, 0.25) is 11.8 Å². The van der Waals surface area contributed by atoms with Crippen LogP contribution in [0.3, 0.4) is 0 Å². The summed E-state index contributed by atoms with van der Waals surface area (Å²) < 4.78 is 0. The SMILES string of the molecule is CCNC1c2ccccc2CC1N(C)c1ccc2c(c1)C(=O)N(C1CCC(=O)NC1=O)C2=O. The largest absolute Gasteiger partial charge is 0.369 e. The molecule has 0 bridgehead atoms. The molecule has 0 spiro atoms. The predicted octanol–water partition coefficient (Wildman–Crippen LogP) is 1.80. The molecule has 3 unspecified atom stereocenters. The quantitative estimate of drug-likeness (QED) is 0.680. The van der Waals surface area contributed by atoms with Crippen LogP contribution in [0.2, 0.25) is 0 Å². The summed E-state index contributed by atoms with van der Waals surface area (Å²) in [6.45, 7) is 2.92. The van der Waals surface area contributed by atoms with Crippen LogP contribution in [0.15, 0.2) is 42.5 Å². The van der Waals surface area contributed by atoms with Crippen LogP contribution in [0, 0.1) is 0 Å². The van der Waals surface area contributed by atoms with Crippen LogP contribution in [0.5, 0.6) is 0 Å². The van der Waals surface area contributed by atoms with E-state index in [4.69, 9.17) is 0 Å². The minimum Gasteiger partial charge on any atom is -0.369 e. The number of piperidine rings is 1. The van der Waals surface area contributed by atoms with E-state index in [-0.39, 0.29) is 30.8 Å². The van der Waals surface area contributed by atoms with Gasteiger partial charge in [-0.1, -0.05) is 31.2 Å². The minimum absolute atomic E-state index is 0.103. The molecule has 1 saturated heterocycles. The van der Waals surface area contributed by atoms with E-state index < -0.39 is 23.8 Å². The molecule has 8 heteroatoms. The van der Waals surface area contributed by atoms with Crippen LogP contribution in [0.25, 0.3) is 0 Å². The van der Waals surface area contributed by atoms with Gasteiger partial charge in [0, 0.05) is 19.2 Å². The third kappa shape index (κ3) is 3.41. The molecule has 2 N–H and O–H groups in total. The number of nitrogens with one attached hydrogen (secondary N) is 2. The molecule has 5 rings (SSSR count). The Kier molecular flexibility index (Phi) is 5.25. The van der Waals surface area contributed by atoms with Crippen molar-refractivity contribution in [1.29, 1.82) is 0 Å². The molecule has 0 radical (unpaired) electrons. The topological polar surface area (TPSA) is 98.8 Å². The van der Waals surface area contributed by atoms with Gasteiger partial charge in [-0.05, 0) is 48.7 Å². The number of rotatable bonds is 5. The van der Waals surface area contributed by atoms with E-state index in [1.807, 2.05) is 19.2 Å². The number of fused-ring (bicyclic) bond motifs is 2. The molecule has 3 atom stereocenters. The zero-order valence-electron chi connectivity index (χ0n) is 18.6. The highest BCUT2D eigenvalue weighted by Crippen LogP contribution is 2.37. The van der Waals surface area contributed by atoms with Crippen LogP contribution < -0.4 is 15.5 Å². The Morgan fingerprint density at radius 2 is 1.82 bits per heavy atom. The van der Waals surface area contributed by atoms with Gasteiger partial charge < -0.3 is 10.2 Å². The maximum atomic E-state index is 13.2. The van der Waals surface area contributed by atoms with Crippen molar-refractivity contribution in [2.75, 3.05) is 18.5 Å². The molecule has 0 saturated carbocycles. The number of carbonyl (C=O) groups excluding carboxylic acids is 4. The fraction of sp³-hybridized carbons (Fsp3) is 0.360. The number of amides is 4. The molecule has 33 heavy (non-hydrogen) atoms. The Morgan fingerprint density at radius 3 is 2.58 bits per heavy atom. The van der Waals surface area contributed by atoms with Crippen molar-refractivity contribution < 1.29 is 19.2 Å². The Labute approximate surface area is 191 Å². The first kappa shape index (κ1) is 21.3. The molecule has 1 fully saturated rings. The second-order valence-electron chi connectivity index (χ2n) is 8.79. The summed E-state index contributed by atoms with van der Waals surface area (Å²) in [6.07, 6.45) is 1.12. The Bertz CT molecular complexity index is 1180. The van der Waals surface area contributed by atoms with Crippen molar-refractivity contribution in [3.63, 3.8) is 0 Å². The van der Waals surface area contributed by atoms with Crippen molar-refractivity contribution >= 4 is 29.3 Å². The van der Waals surface area contributed by atoms with Crippen molar-refractivity contribution in [2.45, 2.75) is 44.3 Å². The first-order valence-electron chi connectivity index (χ1n) is 11.3. The van der Waals surface area contributed by atoms with Gasteiger partial charge in [0.25, 0.3) is 11.8 Å². The number of imide groups is 2. The van der Waals surface area contributed by atoms with Gasteiger partial charge >= 0.3 is 0 Å². The average molecular weight is 447 g/mol. The number of hydrogen-bond acceptors (Lipinski definition) is 6. The highest BCUT2D eigenvalue weighted by molar-refractivity contribution is 6.23. The zero-order chi connectivity index (χ0) is 23.3. The summed E-state index contributed by atoms with van der Waals surface area (Å²) in [5.41, 5.74) is 4.01. The average Bonchev–Trinajstić information content (AvgIpc) is 3.29. The summed E-state index contributed by atoms with van der Waals surface area (Å²) >= 11 is 0. The molecule has 0 aromatic heterocycles. The third-order valence-corrected chi connectivity index (χ3v) is 6.96. The molecule has 3 aliphatic rings. The summed E-state index contributed by atoms with van der Waals surface area (Å²) in [5.74, 6) is -1.96. The number of hydrogen-bond donors (Lipinski definition) is 2. The van der Waals surface area contributed by atoms with Gasteiger partial charge in [0.05, 0.1) is 23.2 Å². The molecule has 2 aromatic rings. The first-order chi connectivity index (χ1) is 15.9. The van der Waals surface area contributed by atoms with Gasteiger partial charge in [-0.25, -0.2) is 0 Å². The van der Waals surface area contributed by atoms with E-state index in [1.165, 1.54) is 11.1 Å². The van der Waals surface area contributed by atoms with Crippen LogP contribution in [0.4, 0.5) is 5.69 Å². The van der Waals surface area contributed by atoms with Crippen molar-refractivity contribution in [3.05, 3.63) is 64.7 Å². The van der Waals surface area contributed by atoms with Crippen LogP contribution in [-0.4, -0.2) is 54.2 Å². The molecule has 170 valence electrons. The smallest absolute Gasteiger partial charge is 0.262 e. The zero-order valence-corrected chi connectivity index (χ0v) is 18.6. The Morgan fingerprint density at radius 1 is 1.06 bits per heavy atom. The molecule has 2 aromatic carbocycles. The van der Waals surface area contributed by atoms with Crippen molar-refractivity contribution in [3.8, 4) is 0 Å². The van der Waals surface area contributed by atoms with E-state index in [1.54, 1.807) is 12.1 Å². The maximum absolute atomic E-state index is 13.2.